The van der Waals surface area contributed by atoms with Gasteiger partial charge in [-0.15, -0.1) is 13.2 Å². The molecule has 25 heavy (non-hydrogen) atoms. The summed E-state index contributed by atoms with van der Waals surface area (Å²) in [6.45, 7) is 3.60. The van der Waals surface area contributed by atoms with Crippen LogP contribution < -0.4 is 15.4 Å². The Labute approximate surface area is 144 Å². The zero-order chi connectivity index (χ0) is 18.1. The highest BCUT2D eigenvalue weighted by molar-refractivity contribution is 5.92. The molecule has 0 aliphatic carbocycles. The second-order valence-electron chi connectivity index (χ2n) is 6.71. The molecule has 2 N–H and O–H groups in total. The minimum absolute atomic E-state index is 0.0106. The van der Waals surface area contributed by atoms with Gasteiger partial charge in [-0.3, -0.25) is 4.79 Å². The van der Waals surface area contributed by atoms with Crippen LogP contribution in [0.1, 0.15) is 38.2 Å². The van der Waals surface area contributed by atoms with E-state index in [2.05, 4.69) is 15.4 Å². The Morgan fingerprint density at radius 2 is 1.72 bits per heavy atom. The van der Waals surface area contributed by atoms with Crippen LogP contribution in [0.15, 0.2) is 29.8 Å². The third-order valence-corrected chi connectivity index (χ3v) is 5.06. The Morgan fingerprint density at radius 3 is 2.32 bits per heavy atom. The molecule has 7 heteroatoms. The molecule has 0 aromatic heterocycles. The highest BCUT2D eigenvalue weighted by atomic mass is 19.4. The average Bonchev–Trinajstić information content (AvgIpc) is 2.68. The maximum absolute atomic E-state index is 12.8. The van der Waals surface area contributed by atoms with Crippen LogP contribution in [0.4, 0.5) is 13.2 Å². The van der Waals surface area contributed by atoms with Crippen molar-refractivity contribution in [3.63, 3.8) is 0 Å². The highest BCUT2D eigenvalue weighted by Gasteiger charge is 2.41. The number of ether oxygens (including phenoxy) is 1. The van der Waals surface area contributed by atoms with Crippen molar-refractivity contribution in [3.05, 3.63) is 35.4 Å². The van der Waals surface area contributed by atoms with Crippen LogP contribution in [-0.2, 0) is 4.79 Å². The Morgan fingerprint density at radius 1 is 1.08 bits per heavy atom. The maximum atomic E-state index is 12.8. The molecule has 1 saturated heterocycles. The Balaban J connectivity index is 1.80. The van der Waals surface area contributed by atoms with Crippen molar-refractivity contribution in [1.82, 2.24) is 10.6 Å². The van der Waals surface area contributed by atoms with Crippen molar-refractivity contribution in [2.75, 3.05) is 13.1 Å². The lowest BCUT2D eigenvalue weighted by Crippen LogP contribution is -2.46. The molecule has 3 rings (SSSR count). The number of rotatable bonds is 2. The van der Waals surface area contributed by atoms with E-state index in [4.69, 9.17) is 0 Å². The van der Waals surface area contributed by atoms with E-state index in [9.17, 15) is 18.0 Å². The quantitative estimate of drug-likeness (QED) is 0.853. The standard InChI is InChI=1S/C18H21F3N2O2/c1-12-6-7-17(8-10-22-11-9-17)16(24)23-15(12)13-2-4-14(5-3-13)25-18(19,20)21/h2-5,22H,6-11H2,1H3,(H,23,24). The fourth-order valence-corrected chi connectivity index (χ4v) is 3.54. The van der Waals surface area contributed by atoms with E-state index in [1.165, 1.54) is 12.1 Å². The van der Waals surface area contributed by atoms with Gasteiger partial charge in [0.05, 0.1) is 5.41 Å². The number of hydrogen-bond acceptors (Lipinski definition) is 3. The van der Waals surface area contributed by atoms with Gasteiger partial charge in [0.1, 0.15) is 5.75 Å². The summed E-state index contributed by atoms with van der Waals surface area (Å²) in [5.41, 5.74) is 2.06. The molecule has 0 unspecified atom stereocenters. The van der Waals surface area contributed by atoms with Crippen molar-refractivity contribution < 1.29 is 22.7 Å². The molecule has 0 radical (unpaired) electrons. The lowest BCUT2D eigenvalue weighted by Gasteiger charge is -2.35. The third-order valence-electron chi connectivity index (χ3n) is 5.06. The van der Waals surface area contributed by atoms with Crippen molar-refractivity contribution in [1.29, 1.82) is 0 Å². The topological polar surface area (TPSA) is 50.4 Å². The van der Waals surface area contributed by atoms with E-state index < -0.39 is 6.36 Å². The van der Waals surface area contributed by atoms with Gasteiger partial charge in [-0.25, -0.2) is 0 Å². The predicted octanol–water partition coefficient (Wildman–Crippen LogP) is 3.60. The second-order valence-corrected chi connectivity index (χ2v) is 6.71. The smallest absolute Gasteiger partial charge is 0.406 e. The molecule has 0 bridgehead atoms. The number of halogens is 3. The van der Waals surface area contributed by atoms with Gasteiger partial charge in [0.2, 0.25) is 5.91 Å². The van der Waals surface area contributed by atoms with Crippen molar-refractivity contribution >= 4 is 11.6 Å². The molecular weight excluding hydrogens is 333 g/mol. The fraction of sp³-hybridized carbons (Fsp3) is 0.500. The SMILES string of the molecule is CC1=C(c2ccc(OC(F)(F)F)cc2)NC(=O)C2(CCNCC2)CC1. The summed E-state index contributed by atoms with van der Waals surface area (Å²) in [6.07, 6.45) is -1.52. The number of amides is 1. The van der Waals surface area contributed by atoms with Gasteiger partial charge in [0.25, 0.3) is 0 Å². The summed E-state index contributed by atoms with van der Waals surface area (Å²) >= 11 is 0. The van der Waals surface area contributed by atoms with Gasteiger partial charge in [0, 0.05) is 5.70 Å². The molecule has 2 aliphatic heterocycles. The average molecular weight is 354 g/mol. The number of hydrogen-bond donors (Lipinski definition) is 2. The minimum Gasteiger partial charge on any atom is -0.406 e. The number of benzene rings is 1. The molecule has 1 spiro atoms. The fourth-order valence-electron chi connectivity index (χ4n) is 3.54. The van der Waals surface area contributed by atoms with E-state index in [-0.39, 0.29) is 17.1 Å². The number of carbonyl (C=O) groups is 1. The van der Waals surface area contributed by atoms with E-state index in [0.29, 0.717) is 11.3 Å². The first-order valence-corrected chi connectivity index (χ1v) is 8.37. The molecule has 4 nitrogen and oxygen atoms in total. The van der Waals surface area contributed by atoms with Crippen LogP contribution >= 0.6 is 0 Å². The van der Waals surface area contributed by atoms with Crippen molar-refractivity contribution in [2.45, 2.75) is 39.0 Å². The summed E-state index contributed by atoms with van der Waals surface area (Å²) in [7, 11) is 0. The maximum Gasteiger partial charge on any atom is 0.573 e. The van der Waals surface area contributed by atoms with Crippen molar-refractivity contribution in [2.24, 2.45) is 5.41 Å². The van der Waals surface area contributed by atoms with Crippen LogP contribution in [0.3, 0.4) is 0 Å². The molecular formula is C18H21F3N2O2. The van der Waals surface area contributed by atoms with Gasteiger partial charge in [-0.2, -0.15) is 0 Å². The van der Waals surface area contributed by atoms with Gasteiger partial charge >= 0.3 is 6.36 Å². The first-order valence-electron chi connectivity index (χ1n) is 8.37. The predicted molar refractivity (Wildman–Crippen MR) is 87.6 cm³/mol. The van der Waals surface area contributed by atoms with Gasteiger partial charge in [-0.1, -0.05) is 0 Å². The highest BCUT2D eigenvalue weighted by Crippen LogP contribution is 2.39. The summed E-state index contributed by atoms with van der Waals surface area (Å²) in [6, 6.07) is 5.61. The summed E-state index contributed by atoms with van der Waals surface area (Å²) in [4.78, 5) is 12.8. The number of carbonyl (C=O) groups excluding carboxylic acids is 1. The molecule has 1 aromatic rings. The minimum atomic E-state index is -4.71. The second kappa shape index (κ2) is 6.71. The lowest BCUT2D eigenvalue weighted by molar-refractivity contribution is -0.274. The molecule has 1 amide bonds. The Hall–Kier alpha value is -2.02. The molecule has 1 fully saturated rings. The molecule has 0 atom stereocenters. The van der Waals surface area contributed by atoms with Crippen LogP contribution in [0.5, 0.6) is 5.75 Å². The lowest BCUT2D eigenvalue weighted by atomic mass is 9.74. The molecule has 136 valence electrons. The monoisotopic (exact) mass is 354 g/mol. The zero-order valence-corrected chi connectivity index (χ0v) is 14.0. The van der Waals surface area contributed by atoms with E-state index in [1.54, 1.807) is 12.1 Å². The van der Waals surface area contributed by atoms with E-state index >= 15 is 0 Å². The number of piperidine rings is 1. The molecule has 0 saturated carbocycles. The van der Waals surface area contributed by atoms with Crippen LogP contribution in [0, 0.1) is 5.41 Å². The molecule has 2 heterocycles. The van der Waals surface area contributed by atoms with Crippen LogP contribution in [-0.4, -0.2) is 25.4 Å². The summed E-state index contributed by atoms with van der Waals surface area (Å²) in [5, 5.41) is 6.30. The third kappa shape index (κ3) is 3.98. The number of allylic oxidation sites excluding steroid dienone is 1. The Bertz CT molecular complexity index is 675. The van der Waals surface area contributed by atoms with Crippen molar-refractivity contribution in [3.8, 4) is 5.75 Å². The van der Waals surface area contributed by atoms with Gasteiger partial charge in [0.15, 0.2) is 0 Å². The largest absolute Gasteiger partial charge is 0.573 e. The van der Waals surface area contributed by atoms with Crippen LogP contribution in [0.25, 0.3) is 5.70 Å². The molecule has 2 aliphatic rings. The Kier molecular flexibility index (Phi) is 4.77. The first-order chi connectivity index (χ1) is 11.8. The summed E-state index contributed by atoms with van der Waals surface area (Å²) < 4.78 is 40.7. The zero-order valence-electron chi connectivity index (χ0n) is 14.0. The van der Waals surface area contributed by atoms with E-state index in [1.807, 2.05) is 6.92 Å². The van der Waals surface area contributed by atoms with Gasteiger partial charge in [-0.05, 0) is 81.1 Å². The normalized spacial score (nSPS) is 21.0. The summed E-state index contributed by atoms with van der Waals surface area (Å²) in [5.74, 6) is -0.263. The van der Waals surface area contributed by atoms with E-state index in [0.717, 1.165) is 44.3 Å². The number of nitrogens with one attached hydrogen (secondary N) is 2. The number of alkyl halides is 3. The van der Waals surface area contributed by atoms with Crippen LogP contribution in [0.2, 0.25) is 0 Å². The first kappa shape index (κ1) is 17.8. The van der Waals surface area contributed by atoms with Gasteiger partial charge < -0.3 is 15.4 Å². The molecule has 1 aromatic carbocycles.